The average Bonchev–Trinajstić information content (AvgIpc) is 2.54. The van der Waals surface area contributed by atoms with Gasteiger partial charge in [0.25, 0.3) is 5.91 Å². The Balaban J connectivity index is 1.86. The number of anilines is 1. The van der Waals surface area contributed by atoms with E-state index in [1.54, 1.807) is 25.4 Å². The third kappa shape index (κ3) is 3.09. The number of pyridine rings is 1. The molecule has 5 heteroatoms. The summed E-state index contributed by atoms with van der Waals surface area (Å²) in [6.45, 7) is 0. The van der Waals surface area contributed by atoms with E-state index in [0.29, 0.717) is 11.3 Å². The Hall–Kier alpha value is -2.40. The van der Waals surface area contributed by atoms with Crippen molar-refractivity contribution in [3.63, 3.8) is 0 Å². The number of nitrogens with zero attached hydrogens (tertiary/aromatic N) is 1. The van der Waals surface area contributed by atoms with E-state index in [2.05, 4.69) is 26.2 Å². The van der Waals surface area contributed by atoms with Crippen LogP contribution in [0.15, 0.2) is 59.2 Å². The van der Waals surface area contributed by atoms with Crippen LogP contribution in [0.4, 0.5) is 5.69 Å². The normalized spacial score (nSPS) is 10.5. The highest BCUT2D eigenvalue weighted by atomic mass is 79.9. The molecule has 110 valence electrons. The van der Waals surface area contributed by atoms with Crippen LogP contribution in [0.2, 0.25) is 0 Å². The lowest BCUT2D eigenvalue weighted by atomic mass is 10.2. The van der Waals surface area contributed by atoms with Gasteiger partial charge in [-0.05, 0) is 36.4 Å². The molecule has 0 fully saturated rings. The molecule has 0 saturated heterocycles. The number of fused-ring (bicyclic) bond motifs is 1. The third-order valence-electron chi connectivity index (χ3n) is 3.24. The maximum Gasteiger partial charge on any atom is 0.255 e. The maximum atomic E-state index is 12.2. The summed E-state index contributed by atoms with van der Waals surface area (Å²) in [4.78, 5) is 16.6. The van der Waals surface area contributed by atoms with Crippen LogP contribution in [0.25, 0.3) is 10.9 Å². The number of halogens is 1. The second kappa shape index (κ2) is 6.15. The molecular weight excluding hydrogens is 344 g/mol. The Labute approximate surface area is 136 Å². The fraction of sp³-hybridized carbons (Fsp3) is 0.0588. The minimum atomic E-state index is -0.170. The first-order valence-electron chi connectivity index (χ1n) is 6.66. The first-order valence-corrected chi connectivity index (χ1v) is 7.46. The topological polar surface area (TPSA) is 51.2 Å². The fourth-order valence-electron chi connectivity index (χ4n) is 2.13. The Kier molecular flexibility index (Phi) is 4.06. The smallest absolute Gasteiger partial charge is 0.255 e. The number of carbonyl (C=O) groups is 1. The molecule has 22 heavy (non-hydrogen) atoms. The standard InChI is InChI=1S/C17H13BrN2O2/c1-22-15-6-5-11-8-14(10-19-16(11)9-15)20-17(21)12-3-2-4-13(18)7-12/h2-10H,1H3,(H,20,21). The summed E-state index contributed by atoms with van der Waals surface area (Å²) in [5.74, 6) is 0.585. The first-order chi connectivity index (χ1) is 10.7. The van der Waals surface area contributed by atoms with Gasteiger partial charge in [-0.2, -0.15) is 0 Å². The highest BCUT2D eigenvalue weighted by molar-refractivity contribution is 9.10. The molecular formula is C17H13BrN2O2. The molecule has 0 saturated carbocycles. The fourth-order valence-corrected chi connectivity index (χ4v) is 2.53. The van der Waals surface area contributed by atoms with Gasteiger partial charge in [0.05, 0.1) is 24.5 Å². The van der Waals surface area contributed by atoms with Crippen molar-refractivity contribution in [1.29, 1.82) is 0 Å². The molecule has 0 aliphatic rings. The zero-order valence-corrected chi connectivity index (χ0v) is 13.4. The molecule has 0 unspecified atom stereocenters. The van der Waals surface area contributed by atoms with Crippen molar-refractivity contribution < 1.29 is 9.53 Å². The lowest BCUT2D eigenvalue weighted by Gasteiger charge is -2.07. The van der Waals surface area contributed by atoms with Gasteiger partial charge >= 0.3 is 0 Å². The molecule has 1 N–H and O–H groups in total. The van der Waals surface area contributed by atoms with E-state index in [4.69, 9.17) is 4.74 Å². The third-order valence-corrected chi connectivity index (χ3v) is 3.73. The van der Waals surface area contributed by atoms with Crippen molar-refractivity contribution in [3.8, 4) is 5.75 Å². The Bertz CT molecular complexity index is 849. The molecule has 4 nitrogen and oxygen atoms in total. The molecule has 3 aromatic rings. The lowest BCUT2D eigenvalue weighted by Crippen LogP contribution is -2.11. The molecule has 2 aromatic carbocycles. The average molecular weight is 357 g/mol. The Morgan fingerprint density at radius 2 is 2.05 bits per heavy atom. The highest BCUT2D eigenvalue weighted by Gasteiger charge is 2.07. The number of hydrogen-bond acceptors (Lipinski definition) is 3. The van der Waals surface area contributed by atoms with Crippen LogP contribution in [-0.2, 0) is 0 Å². The largest absolute Gasteiger partial charge is 0.497 e. The van der Waals surface area contributed by atoms with E-state index in [1.165, 1.54) is 0 Å². The van der Waals surface area contributed by atoms with E-state index in [9.17, 15) is 4.79 Å². The molecule has 0 aliphatic heterocycles. The number of nitrogens with one attached hydrogen (secondary N) is 1. The zero-order chi connectivity index (χ0) is 15.5. The highest BCUT2D eigenvalue weighted by Crippen LogP contribution is 2.22. The van der Waals surface area contributed by atoms with Gasteiger partial charge in [-0.3, -0.25) is 9.78 Å². The quantitative estimate of drug-likeness (QED) is 0.762. The molecule has 1 aromatic heterocycles. The molecule has 0 aliphatic carbocycles. The second-order valence-corrected chi connectivity index (χ2v) is 5.66. The SMILES string of the molecule is COc1ccc2cc(NC(=O)c3cccc(Br)c3)cnc2c1. The van der Waals surface area contributed by atoms with Crippen molar-refractivity contribution in [2.45, 2.75) is 0 Å². The summed E-state index contributed by atoms with van der Waals surface area (Å²) in [6.07, 6.45) is 1.64. The van der Waals surface area contributed by atoms with Gasteiger partial charge in [0.1, 0.15) is 5.75 Å². The van der Waals surface area contributed by atoms with E-state index in [-0.39, 0.29) is 5.91 Å². The number of benzene rings is 2. The summed E-state index contributed by atoms with van der Waals surface area (Å²) in [5, 5.41) is 3.79. The van der Waals surface area contributed by atoms with Gasteiger partial charge in [0, 0.05) is 21.5 Å². The summed E-state index contributed by atoms with van der Waals surface area (Å²) >= 11 is 3.36. The predicted molar refractivity (Wildman–Crippen MR) is 90.4 cm³/mol. The minimum Gasteiger partial charge on any atom is -0.497 e. The molecule has 0 spiro atoms. The van der Waals surface area contributed by atoms with Crippen LogP contribution < -0.4 is 10.1 Å². The van der Waals surface area contributed by atoms with Crippen LogP contribution in [-0.4, -0.2) is 18.0 Å². The summed E-state index contributed by atoms with van der Waals surface area (Å²) in [7, 11) is 1.62. The van der Waals surface area contributed by atoms with Gasteiger partial charge < -0.3 is 10.1 Å². The minimum absolute atomic E-state index is 0.170. The molecule has 0 bridgehead atoms. The number of amides is 1. The van der Waals surface area contributed by atoms with Gasteiger partial charge in [-0.25, -0.2) is 0 Å². The maximum absolute atomic E-state index is 12.2. The Morgan fingerprint density at radius 3 is 2.82 bits per heavy atom. The molecule has 3 rings (SSSR count). The molecule has 0 atom stereocenters. The van der Waals surface area contributed by atoms with Crippen molar-refractivity contribution in [1.82, 2.24) is 4.98 Å². The zero-order valence-electron chi connectivity index (χ0n) is 11.8. The first kappa shape index (κ1) is 14.5. The molecule has 0 radical (unpaired) electrons. The van der Waals surface area contributed by atoms with Gasteiger partial charge in [0.2, 0.25) is 0 Å². The van der Waals surface area contributed by atoms with Crippen LogP contribution >= 0.6 is 15.9 Å². The van der Waals surface area contributed by atoms with E-state index in [1.807, 2.05) is 36.4 Å². The number of ether oxygens (including phenoxy) is 1. The van der Waals surface area contributed by atoms with Crippen LogP contribution in [0.3, 0.4) is 0 Å². The molecule has 1 heterocycles. The Morgan fingerprint density at radius 1 is 1.18 bits per heavy atom. The summed E-state index contributed by atoms with van der Waals surface area (Å²) in [5.41, 5.74) is 2.06. The number of rotatable bonds is 3. The summed E-state index contributed by atoms with van der Waals surface area (Å²) in [6, 6.07) is 14.8. The lowest BCUT2D eigenvalue weighted by molar-refractivity contribution is 0.102. The van der Waals surface area contributed by atoms with Crippen molar-refractivity contribution >= 4 is 38.4 Å². The monoisotopic (exact) mass is 356 g/mol. The molecule has 1 amide bonds. The van der Waals surface area contributed by atoms with E-state index in [0.717, 1.165) is 21.1 Å². The number of hydrogen-bond donors (Lipinski definition) is 1. The van der Waals surface area contributed by atoms with Crippen molar-refractivity contribution in [2.75, 3.05) is 12.4 Å². The number of carbonyl (C=O) groups excluding carboxylic acids is 1. The number of methoxy groups -OCH3 is 1. The van der Waals surface area contributed by atoms with E-state index >= 15 is 0 Å². The van der Waals surface area contributed by atoms with Gasteiger partial charge in [-0.15, -0.1) is 0 Å². The van der Waals surface area contributed by atoms with Crippen LogP contribution in [0.5, 0.6) is 5.75 Å². The predicted octanol–water partition coefficient (Wildman–Crippen LogP) is 4.26. The van der Waals surface area contributed by atoms with Crippen LogP contribution in [0, 0.1) is 0 Å². The van der Waals surface area contributed by atoms with Crippen molar-refractivity contribution in [3.05, 3.63) is 64.8 Å². The number of aromatic nitrogens is 1. The summed E-state index contributed by atoms with van der Waals surface area (Å²) < 4.78 is 6.04. The second-order valence-electron chi connectivity index (χ2n) is 4.75. The van der Waals surface area contributed by atoms with Gasteiger partial charge in [0.15, 0.2) is 0 Å². The van der Waals surface area contributed by atoms with E-state index < -0.39 is 0 Å². The van der Waals surface area contributed by atoms with Crippen molar-refractivity contribution in [2.24, 2.45) is 0 Å². The van der Waals surface area contributed by atoms with Gasteiger partial charge in [-0.1, -0.05) is 22.0 Å². The van der Waals surface area contributed by atoms with Crippen LogP contribution in [0.1, 0.15) is 10.4 Å².